The molecule has 5 heteroatoms. The zero-order valence-corrected chi connectivity index (χ0v) is 15.8. The maximum absolute atomic E-state index is 12.5. The first-order chi connectivity index (χ1) is 12.7. The third-order valence-electron chi connectivity index (χ3n) is 4.59. The average molecular weight is 373 g/mol. The Balaban J connectivity index is 1.60. The van der Waals surface area contributed by atoms with Crippen LogP contribution >= 0.6 is 11.6 Å². The summed E-state index contributed by atoms with van der Waals surface area (Å²) >= 11 is 5.98. The quantitative estimate of drug-likeness (QED) is 0.764. The van der Waals surface area contributed by atoms with Gasteiger partial charge in [0.1, 0.15) is 5.75 Å². The van der Waals surface area contributed by atoms with Crippen LogP contribution in [0.15, 0.2) is 48.5 Å². The lowest BCUT2D eigenvalue weighted by atomic mass is 10.1. The minimum absolute atomic E-state index is 0.154. The molecule has 1 heterocycles. The van der Waals surface area contributed by atoms with Gasteiger partial charge in [-0.3, -0.25) is 4.79 Å². The fourth-order valence-electron chi connectivity index (χ4n) is 3.16. The number of rotatable bonds is 6. The normalized spacial score (nSPS) is 15.4. The summed E-state index contributed by atoms with van der Waals surface area (Å²) in [5.74, 6) is 0.443. The standard InChI is InChI=1S/C21H25ClN2O2/c1-2-20(26-19-8-6-7-16(22)15-19)21(25)23-17-9-11-18(12-10-17)24-13-4-3-5-14-24/h6-12,15,20H,2-5,13-14H2,1H3,(H,23,25)/t20-/m1/s1. The molecule has 1 saturated heterocycles. The van der Waals surface area contributed by atoms with Crippen molar-refractivity contribution in [1.29, 1.82) is 0 Å². The summed E-state index contributed by atoms with van der Waals surface area (Å²) in [7, 11) is 0. The molecule has 0 unspecified atom stereocenters. The number of nitrogens with one attached hydrogen (secondary N) is 1. The van der Waals surface area contributed by atoms with E-state index in [-0.39, 0.29) is 5.91 Å². The maximum Gasteiger partial charge on any atom is 0.265 e. The molecule has 0 spiro atoms. The van der Waals surface area contributed by atoms with Crippen molar-refractivity contribution in [3.63, 3.8) is 0 Å². The SMILES string of the molecule is CC[C@@H](Oc1cccc(Cl)c1)C(=O)Nc1ccc(N2CCCCC2)cc1. The largest absolute Gasteiger partial charge is 0.481 e. The fraction of sp³-hybridized carbons (Fsp3) is 0.381. The van der Waals surface area contributed by atoms with E-state index in [1.807, 2.05) is 25.1 Å². The van der Waals surface area contributed by atoms with Gasteiger partial charge in [0.05, 0.1) is 0 Å². The zero-order valence-electron chi connectivity index (χ0n) is 15.1. The highest BCUT2D eigenvalue weighted by Crippen LogP contribution is 2.23. The summed E-state index contributed by atoms with van der Waals surface area (Å²) in [5.41, 5.74) is 1.99. The summed E-state index contributed by atoms with van der Waals surface area (Å²) in [6, 6.07) is 15.1. The van der Waals surface area contributed by atoms with Crippen LogP contribution in [0.25, 0.3) is 0 Å². The van der Waals surface area contributed by atoms with Gasteiger partial charge in [0.15, 0.2) is 6.10 Å². The molecule has 1 fully saturated rings. The topological polar surface area (TPSA) is 41.6 Å². The summed E-state index contributed by atoms with van der Waals surface area (Å²) in [6.45, 7) is 4.14. The molecule has 0 bridgehead atoms. The molecular weight excluding hydrogens is 348 g/mol. The van der Waals surface area contributed by atoms with Gasteiger partial charge in [0.2, 0.25) is 0 Å². The van der Waals surface area contributed by atoms with Crippen molar-refractivity contribution in [1.82, 2.24) is 0 Å². The molecule has 1 aliphatic heterocycles. The zero-order chi connectivity index (χ0) is 18.4. The molecule has 1 amide bonds. The molecule has 0 saturated carbocycles. The van der Waals surface area contributed by atoms with Crippen molar-refractivity contribution in [2.75, 3.05) is 23.3 Å². The lowest BCUT2D eigenvalue weighted by Crippen LogP contribution is -2.32. The molecule has 2 aromatic rings. The molecule has 1 atom stereocenters. The first kappa shape index (κ1) is 18.6. The van der Waals surface area contributed by atoms with E-state index in [0.29, 0.717) is 17.2 Å². The number of halogens is 1. The van der Waals surface area contributed by atoms with Crippen LogP contribution in [0.4, 0.5) is 11.4 Å². The molecule has 1 N–H and O–H groups in total. The number of nitrogens with zero attached hydrogens (tertiary/aromatic N) is 1. The van der Waals surface area contributed by atoms with Crippen LogP contribution in [0.1, 0.15) is 32.6 Å². The number of benzene rings is 2. The molecule has 1 aliphatic rings. The van der Waals surface area contributed by atoms with Crippen LogP contribution in [0.5, 0.6) is 5.75 Å². The molecular formula is C21H25ClN2O2. The Kier molecular flexibility index (Phi) is 6.40. The lowest BCUT2D eigenvalue weighted by Gasteiger charge is -2.28. The molecule has 0 aromatic heterocycles. The van der Waals surface area contributed by atoms with E-state index >= 15 is 0 Å². The fourth-order valence-corrected chi connectivity index (χ4v) is 3.34. The van der Waals surface area contributed by atoms with E-state index in [1.165, 1.54) is 24.9 Å². The monoisotopic (exact) mass is 372 g/mol. The van der Waals surface area contributed by atoms with Crippen molar-refractivity contribution in [3.8, 4) is 5.75 Å². The summed E-state index contributed by atoms with van der Waals surface area (Å²) in [6.07, 6.45) is 3.82. The van der Waals surface area contributed by atoms with Crippen molar-refractivity contribution in [3.05, 3.63) is 53.6 Å². The Hall–Kier alpha value is -2.20. The molecule has 4 nitrogen and oxygen atoms in total. The first-order valence-corrected chi connectivity index (χ1v) is 9.61. The van der Waals surface area contributed by atoms with E-state index in [2.05, 4.69) is 22.3 Å². The van der Waals surface area contributed by atoms with E-state index in [9.17, 15) is 4.79 Å². The number of carbonyl (C=O) groups is 1. The van der Waals surface area contributed by atoms with E-state index in [4.69, 9.17) is 16.3 Å². The number of amides is 1. The molecule has 0 aliphatic carbocycles. The second-order valence-electron chi connectivity index (χ2n) is 6.56. The van der Waals surface area contributed by atoms with Gasteiger partial charge < -0.3 is 15.0 Å². The number of anilines is 2. The third kappa shape index (κ3) is 4.92. The third-order valence-corrected chi connectivity index (χ3v) is 4.83. The summed E-state index contributed by atoms with van der Waals surface area (Å²) in [5, 5.41) is 3.53. The van der Waals surface area contributed by atoms with Crippen LogP contribution in [0.2, 0.25) is 5.02 Å². The minimum atomic E-state index is -0.560. The number of carbonyl (C=O) groups excluding carboxylic acids is 1. The molecule has 3 rings (SSSR count). The number of ether oxygens (including phenoxy) is 1. The highest BCUT2D eigenvalue weighted by molar-refractivity contribution is 6.30. The van der Waals surface area contributed by atoms with Gasteiger partial charge in [-0.1, -0.05) is 24.6 Å². The van der Waals surface area contributed by atoms with E-state index in [0.717, 1.165) is 18.8 Å². The predicted molar refractivity (Wildman–Crippen MR) is 107 cm³/mol. The Morgan fingerprint density at radius 3 is 2.54 bits per heavy atom. The van der Waals surface area contributed by atoms with Crippen LogP contribution in [0.3, 0.4) is 0 Å². The number of piperidine rings is 1. The van der Waals surface area contributed by atoms with E-state index < -0.39 is 6.10 Å². The van der Waals surface area contributed by atoms with Crippen LogP contribution in [-0.4, -0.2) is 25.1 Å². The van der Waals surface area contributed by atoms with E-state index in [1.54, 1.807) is 18.2 Å². The van der Waals surface area contributed by atoms with Gasteiger partial charge in [0.25, 0.3) is 5.91 Å². The Morgan fingerprint density at radius 2 is 1.88 bits per heavy atom. The van der Waals surface area contributed by atoms with Gasteiger partial charge in [-0.2, -0.15) is 0 Å². The second kappa shape index (κ2) is 8.95. The minimum Gasteiger partial charge on any atom is -0.481 e. The average Bonchev–Trinajstić information content (AvgIpc) is 2.67. The predicted octanol–water partition coefficient (Wildman–Crippen LogP) is 5.13. The number of hydrogen-bond donors (Lipinski definition) is 1. The van der Waals surface area contributed by atoms with Crippen molar-refractivity contribution in [2.45, 2.75) is 38.7 Å². The molecule has 26 heavy (non-hydrogen) atoms. The molecule has 0 radical (unpaired) electrons. The van der Waals surface area contributed by atoms with Crippen LogP contribution in [0, 0.1) is 0 Å². The van der Waals surface area contributed by atoms with Crippen molar-refractivity contribution < 1.29 is 9.53 Å². The first-order valence-electron chi connectivity index (χ1n) is 9.24. The number of hydrogen-bond acceptors (Lipinski definition) is 3. The Labute approximate surface area is 160 Å². The Morgan fingerprint density at radius 1 is 1.15 bits per heavy atom. The highest BCUT2D eigenvalue weighted by Gasteiger charge is 2.19. The second-order valence-corrected chi connectivity index (χ2v) is 6.99. The van der Waals surface area contributed by atoms with Gasteiger partial charge in [-0.15, -0.1) is 0 Å². The van der Waals surface area contributed by atoms with Gasteiger partial charge in [0, 0.05) is 29.5 Å². The van der Waals surface area contributed by atoms with Crippen LogP contribution < -0.4 is 15.0 Å². The summed E-state index contributed by atoms with van der Waals surface area (Å²) in [4.78, 5) is 14.9. The smallest absolute Gasteiger partial charge is 0.265 e. The van der Waals surface area contributed by atoms with Gasteiger partial charge >= 0.3 is 0 Å². The van der Waals surface area contributed by atoms with Crippen molar-refractivity contribution in [2.24, 2.45) is 0 Å². The van der Waals surface area contributed by atoms with Gasteiger partial charge in [-0.05, 0) is 68.1 Å². The maximum atomic E-state index is 12.5. The Bertz CT molecular complexity index is 727. The molecule has 2 aromatic carbocycles. The van der Waals surface area contributed by atoms with Gasteiger partial charge in [-0.25, -0.2) is 0 Å². The van der Waals surface area contributed by atoms with Crippen molar-refractivity contribution >= 4 is 28.9 Å². The lowest BCUT2D eigenvalue weighted by molar-refractivity contribution is -0.122. The highest BCUT2D eigenvalue weighted by atomic mass is 35.5. The van der Waals surface area contributed by atoms with Crippen LogP contribution in [-0.2, 0) is 4.79 Å². The molecule has 138 valence electrons. The summed E-state index contributed by atoms with van der Waals surface area (Å²) < 4.78 is 5.79.